The van der Waals surface area contributed by atoms with Crippen molar-refractivity contribution in [2.75, 3.05) is 13.2 Å². The highest BCUT2D eigenvalue weighted by atomic mass is 16.5. The molecule has 0 fully saturated rings. The summed E-state index contributed by atoms with van der Waals surface area (Å²) in [5.74, 6) is -1.26. The van der Waals surface area contributed by atoms with E-state index in [2.05, 4.69) is 5.32 Å². The van der Waals surface area contributed by atoms with Crippen LogP contribution in [0.5, 0.6) is 5.75 Å². The van der Waals surface area contributed by atoms with Crippen molar-refractivity contribution in [3.8, 4) is 5.75 Å². The van der Waals surface area contributed by atoms with Crippen LogP contribution < -0.4 is 10.1 Å². The van der Waals surface area contributed by atoms with Gasteiger partial charge in [0.25, 0.3) is 5.91 Å². The van der Waals surface area contributed by atoms with E-state index in [1.165, 1.54) is 6.92 Å². The normalized spacial score (nSPS) is 11.9. The number of amides is 1. The minimum absolute atomic E-state index is 0.0903. The van der Waals surface area contributed by atoms with Crippen molar-refractivity contribution in [2.24, 2.45) is 5.92 Å². The molecule has 0 aliphatic heterocycles. The predicted octanol–water partition coefficient (Wildman–Crippen LogP) is 2.06. The van der Waals surface area contributed by atoms with Crippen molar-refractivity contribution >= 4 is 22.6 Å². The average Bonchev–Trinajstić information content (AvgIpc) is 2.50. The molecule has 0 aliphatic carbocycles. The number of carboxylic acid groups (broad SMARTS) is 1. The molecule has 0 aliphatic rings. The number of nitrogens with one attached hydrogen (secondary N) is 1. The molecule has 2 rings (SSSR count). The number of carbonyl (C=O) groups is 2. The van der Waals surface area contributed by atoms with Crippen molar-refractivity contribution in [1.82, 2.24) is 5.32 Å². The summed E-state index contributed by atoms with van der Waals surface area (Å²) in [7, 11) is 0. The van der Waals surface area contributed by atoms with E-state index < -0.39 is 11.9 Å². The molecule has 21 heavy (non-hydrogen) atoms. The first-order valence-corrected chi connectivity index (χ1v) is 6.68. The van der Waals surface area contributed by atoms with E-state index in [0.29, 0.717) is 5.75 Å². The number of hydrogen-bond acceptors (Lipinski definition) is 3. The van der Waals surface area contributed by atoms with Crippen molar-refractivity contribution < 1.29 is 19.4 Å². The number of carbonyl (C=O) groups excluding carboxylic acids is 1. The van der Waals surface area contributed by atoms with Crippen molar-refractivity contribution in [3.63, 3.8) is 0 Å². The van der Waals surface area contributed by atoms with Gasteiger partial charge in [0.15, 0.2) is 6.61 Å². The summed E-state index contributed by atoms with van der Waals surface area (Å²) in [6.45, 7) is 1.49. The van der Waals surface area contributed by atoms with E-state index in [1.807, 2.05) is 36.4 Å². The van der Waals surface area contributed by atoms with Crippen LogP contribution in [-0.4, -0.2) is 30.1 Å². The molecule has 0 heterocycles. The number of benzene rings is 2. The van der Waals surface area contributed by atoms with Crippen molar-refractivity contribution in [2.45, 2.75) is 6.92 Å². The molecule has 1 atom stereocenters. The molecule has 0 saturated heterocycles. The first-order chi connectivity index (χ1) is 10.1. The maximum Gasteiger partial charge on any atom is 0.308 e. The van der Waals surface area contributed by atoms with Crippen LogP contribution in [0.15, 0.2) is 42.5 Å². The standard InChI is InChI=1S/C16H17NO4/c1-11(16(19)20)9-17-15(18)10-21-14-8-4-6-12-5-2-3-7-13(12)14/h2-8,11H,9-10H2,1H3,(H,17,18)(H,19,20). The van der Waals surface area contributed by atoms with Gasteiger partial charge in [0.1, 0.15) is 5.75 Å². The van der Waals surface area contributed by atoms with Crippen LogP contribution in [0, 0.1) is 5.92 Å². The van der Waals surface area contributed by atoms with Gasteiger partial charge in [-0.05, 0) is 11.5 Å². The number of hydrogen-bond donors (Lipinski definition) is 2. The minimum Gasteiger partial charge on any atom is -0.483 e. The molecular formula is C16H17NO4. The van der Waals surface area contributed by atoms with Crippen LogP contribution in [0.2, 0.25) is 0 Å². The third kappa shape index (κ3) is 3.95. The maximum atomic E-state index is 11.7. The summed E-state index contributed by atoms with van der Waals surface area (Å²) in [6, 6.07) is 13.4. The van der Waals surface area contributed by atoms with Gasteiger partial charge in [0, 0.05) is 11.9 Å². The zero-order chi connectivity index (χ0) is 15.2. The van der Waals surface area contributed by atoms with E-state index in [-0.39, 0.29) is 19.1 Å². The molecule has 2 aromatic carbocycles. The lowest BCUT2D eigenvalue weighted by molar-refractivity contribution is -0.141. The largest absolute Gasteiger partial charge is 0.483 e. The lowest BCUT2D eigenvalue weighted by Gasteiger charge is -2.11. The quantitative estimate of drug-likeness (QED) is 0.852. The maximum absolute atomic E-state index is 11.7. The van der Waals surface area contributed by atoms with E-state index in [1.54, 1.807) is 6.07 Å². The second-order valence-corrected chi connectivity index (χ2v) is 4.81. The zero-order valence-corrected chi connectivity index (χ0v) is 11.7. The monoisotopic (exact) mass is 287 g/mol. The molecule has 0 bridgehead atoms. The molecule has 5 heteroatoms. The first-order valence-electron chi connectivity index (χ1n) is 6.68. The van der Waals surface area contributed by atoms with E-state index in [4.69, 9.17) is 9.84 Å². The molecule has 0 spiro atoms. The Morgan fingerprint density at radius 3 is 2.67 bits per heavy atom. The zero-order valence-electron chi connectivity index (χ0n) is 11.7. The van der Waals surface area contributed by atoms with Gasteiger partial charge >= 0.3 is 5.97 Å². The summed E-state index contributed by atoms with van der Waals surface area (Å²) in [5, 5.41) is 13.2. The van der Waals surface area contributed by atoms with Crippen LogP contribution >= 0.6 is 0 Å². The average molecular weight is 287 g/mol. The molecule has 0 radical (unpaired) electrons. The lowest BCUT2D eigenvalue weighted by Crippen LogP contribution is -2.34. The van der Waals surface area contributed by atoms with Gasteiger partial charge in [0.2, 0.25) is 0 Å². The fraction of sp³-hybridized carbons (Fsp3) is 0.250. The van der Waals surface area contributed by atoms with Gasteiger partial charge in [-0.15, -0.1) is 0 Å². The SMILES string of the molecule is CC(CNC(=O)COc1cccc2ccccc12)C(=O)O. The fourth-order valence-electron chi connectivity index (χ4n) is 1.87. The molecule has 2 N–H and O–H groups in total. The Balaban J connectivity index is 1.93. The minimum atomic E-state index is -0.940. The molecular weight excluding hydrogens is 270 g/mol. The van der Waals surface area contributed by atoms with Crippen LogP contribution in [0.3, 0.4) is 0 Å². The lowest BCUT2D eigenvalue weighted by atomic mass is 10.1. The Bertz CT molecular complexity index is 648. The number of carboxylic acids is 1. The molecule has 2 aromatic rings. The second kappa shape index (κ2) is 6.74. The van der Waals surface area contributed by atoms with Crippen molar-refractivity contribution in [1.29, 1.82) is 0 Å². The molecule has 1 amide bonds. The Morgan fingerprint density at radius 2 is 1.90 bits per heavy atom. The third-order valence-corrected chi connectivity index (χ3v) is 3.14. The first kappa shape index (κ1) is 14.8. The molecule has 1 unspecified atom stereocenters. The highest BCUT2D eigenvalue weighted by Gasteiger charge is 2.12. The topological polar surface area (TPSA) is 75.6 Å². The highest BCUT2D eigenvalue weighted by molar-refractivity contribution is 5.88. The van der Waals surface area contributed by atoms with Crippen LogP contribution in [0.25, 0.3) is 10.8 Å². The second-order valence-electron chi connectivity index (χ2n) is 4.81. The Morgan fingerprint density at radius 1 is 1.19 bits per heavy atom. The van der Waals surface area contributed by atoms with Crippen molar-refractivity contribution in [3.05, 3.63) is 42.5 Å². The van der Waals surface area contributed by atoms with Crippen LogP contribution in [-0.2, 0) is 9.59 Å². The summed E-state index contributed by atoms with van der Waals surface area (Å²) in [4.78, 5) is 22.3. The number of fused-ring (bicyclic) bond motifs is 1. The van der Waals surface area contributed by atoms with Gasteiger partial charge < -0.3 is 15.2 Å². The van der Waals surface area contributed by atoms with E-state index >= 15 is 0 Å². The third-order valence-electron chi connectivity index (χ3n) is 3.14. The smallest absolute Gasteiger partial charge is 0.308 e. The number of ether oxygens (including phenoxy) is 1. The Kier molecular flexibility index (Phi) is 4.77. The summed E-state index contributed by atoms with van der Waals surface area (Å²) in [6.07, 6.45) is 0. The Labute approximate surface area is 122 Å². The van der Waals surface area contributed by atoms with E-state index in [0.717, 1.165) is 10.8 Å². The van der Waals surface area contributed by atoms with Crippen LogP contribution in [0.4, 0.5) is 0 Å². The van der Waals surface area contributed by atoms with Gasteiger partial charge in [-0.25, -0.2) is 0 Å². The predicted molar refractivity (Wildman–Crippen MR) is 79.3 cm³/mol. The summed E-state index contributed by atoms with van der Waals surface area (Å²) < 4.78 is 5.51. The van der Waals surface area contributed by atoms with Gasteiger partial charge in [-0.2, -0.15) is 0 Å². The van der Waals surface area contributed by atoms with E-state index in [9.17, 15) is 9.59 Å². The molecule has 0 aromatic heterocycles. The summed E-state index contributed by atoms with van der Waals surface area (Å²) in [5.41, 5.74) is 0. The number of rotatable bonds is 6. The fourth-order valence-corrected chi connectivity index (χ4v) is 1.87. The molecule has 5 nitrogen and oxygen atoms in total. The highest BCUT2D eigenvalue weighted by Crippen LogP contribution is 2.24. The molecule has 110 valence electrons. The molecule has 0 saturated carbocycles. The van der Waals surface area contributed by atoms with Gasteiger partial charge in [-0.3, -0.25) is 9.59 Å². The van der Waals surface area contributed by atoms with Crippen LogP contribution in [0.1, 0.15) is 6.92 Å². The Hall–Kier alpha value is -2.56. The van der Waals surface area contributed by atoms with Gasteiger partial charge in [0.05, 0.1) is 5.92 Å². The van der Waals surface area contributed by atoms with Gasteiger partial charge in [-0.1, -0.05) is 43.3 Å². The number of aliphatic carboxylic acids is 1. The summed E-state index contributed by atoms with van der Waals surface area (Å²) >= 11 is 0.